The molecule has 0 radical (unpaired) electrons. The van der Waals surface area contributed by atoms with E-state index in [1.807, 2.05) is 20.8 Å². The zero-order chi connectivity index (χ0) is 13.7. The molecular formula is C10H23N3O3S. The standard InChI is InChI=1S/C10H23N3O3S/c1-5-13(7-6-9(11)12-14)17(15,16)8-10(2,3)4/h14H,5-8H2,1-4H3,(H2,11,12). The highest BCUT2D eigenvalue weighted by Crippen LogP contribution is 2.18. The molecule has 0 aliphatic carbocycles. The second kappa shape index (κ2) is 6.20. The molecule has 0 atom stereocenters. The fraction of sp³-hybridized carbons (Fsp3) is 0.900. The number of amidine groups is 1. The molecule has 17 heavy (non-hydrogen) atoms. The molecule has 0 unspecified atom stereocenters. The lowest BCUT2D eigenvalue weighted by Gasteiger charge is -2.25. The van der Waals surface area contributed by atoms with Crippen molar-refractivity contribution in [3.8, 4) is 0 Å². The molecule has 0 rings (SSSR count). The first-order valence-electron chi connectivity index (χ1n) is 5.56. The van der Waals surface area contributed by atoms with E-state index in [2.05, 4.69) is 5.16 Å². The summed E-state index contributed by atoms with van der Waals surface area (Å²) in [7, 11) is -3.29. The molecule has 0 heterocycles. The molecule has 3 N–H and O–H groups in total. The Morgan fingerprint density at radius 2 is 1.94 bits per heavy atom. The van der Waals surface area contributed by atoms with Crippen molar-refractivity contribution in [3.63, 3.8) is 0 Å². The minimum atomic E-state index is -3.29. The van der Waals surface area contributed by atoms with Crippen molar-refractivity contribution in [2.24, 2.45) is 16.3 Å². The molecule has 0 fully saturated rings. The number of sulfonamides is 1. The zero-order valence-corrected chi connectivity index (χ0v) is 11.8. The Labute approximate surface area is 104 Å². The van der Waals surface area contributed by atoms with Crippen LogP contribution < -0.4 is 5.73 Å². The number of nitrogens with zero attached hydrogens (tertiary/aromatic N) is 2. The van der Waals surface area contributed by atoms with Crippen LogP contribution in [0.1, 0.15) is 34.1 Å². The van der Waals surface area contributed by atoms with Gasteiger partial charge in [-0.1, -0.05) is 32.9 Å². The van der Waals surface area contributed by atoms with Gasteiger partial charge in [0.05, 0.1) is 5.75 Å². The van der Waals surface area contributed by atoms with E-state index in [0.29, 0.717) is 6.54 Å². The third kappa shape index (κ3) is 6.48. The number of hydrogen-bond donors (Lipinski definition) is 2. The topological polar surface area (TPSA) is 96.0 Å². The van der Waals surface area contributed by atoms with E-state index in [-0.39, 0.29) is 30.0 Å². The van der Waals surface area contributed by atoms with Crippen LogP contribution >= 0.6 is 0 Å². The van der Waals surface area contributed by atoms with Gasteiger partial charge in [-0.2, -0.15) is 0 Å². The average Bonchev–Trinajstić information content (AvgIpc) is 2.14. The fourth-order valence-electron chi connectivity index (χ4n) is 1.42. The van der Waals surface area contributed by atoms with E-state index in [1.54, 1.807) is 6.92 Å². The molecule has 0 aromatic heterocycles. The Morgan fingerprint density at radius 1 is 1.41 bits per heavy atom. The van der Waals surface area contributed by atoms with Crippen LogP contribution in [0, 0.1) is 5.41 Å². The molecule has 0 spiro atoms. The SMILES string of the molecule is CCN(CCC(N)=NO)S(=O)(=O)CC(C)(C)C. The van der Waals surface area contributed by atoms with Gasteiger partial charge in [0.15, 0.2) is 0 Å². The van der Waals surface area contributed by atoms with Crippen LogP contribution in [0.15, 0.2) is 5.16 Å². The van der Waals surface area contributed by atoms with E-state index >= 15 is 0 Å². The Bertz CT molecular complexity index is 357. The first-order chi connectivity index (χ1) is 7.62. The zero-order valence-electron chi connectivity index (χ0n) is 11.0. The highest BCUT2D eigenvalue weighted by Gasteiger charge is 2.26. The second-order valence-electron chi connectivity index (χ2n) is 5.15. The van der Waals surface area contributed by atoms with Crippen molar-refractivity contribution in [2.45, 2.75) is 34.1 Å². The number of hydrogen-bond acceptors (Lipinski definition) is 4. The van der Waals surface area contributed by atoms with Gasteiger partial charge in [-0.05, 0) is 5.41 Å². The molecule has 0 aromatic carbocycles. The fourth-order valence-corrected chi connectivity index (χ4v) is 3.46. The van der Waals surface area contributed by atoms with E-state index in [0.717, 1.165) is 0 Å². The van der Waals surface area contributed by atoms with E-state index in [9.17, 15) is 8.42 Å². The molecule has 6 nitrogen and oxygen atoms in total. The Morgan fingerprint density at radius 3 is 2.29 bits per heavy atom. The molecule has 7 heteroatoms. The first kappa shape index (κ1) is 16.2. The first-order valence-corrected chi connectivity index (χ1v) is 7.17. The van der Waals surface area contributed by atoms with Gasteiger partial charge in [0.1, 0.15) is 5.84 Å². The lowest BCUT2D eigenvalue weighted by atomic mass is 10.0. The summed E-state index contributed by atoms with van der Waals surface area (Å²) in [6, 6.07) is 0. The van der Waals surface area contributed by atoms with Gasteiger partial charge in [0, 0.05) is 19.5 Å². The molecule has 0 bridgehead atoms. The molecule has 0 aliphatic rings. The van der Waals surface area contributed by atoms with Crippen LogP contribution in [0.5, 0.6) is 0 Å². The summed E-state index contributed by atoms with van der Waals surface area (Å²) in [5.74, 6) is 0.124. The monoisotopic (exact) mass is 265 g/mol. The molecular weight excluding hydrogens is 242 g/mol. The van der Waals surface area contributed by atoms with Gasteiger partial charge < -0.3 is 10.9 Å². The molecule has 0 saturated heterocycles. The van der Waals surface area contributed by atoms with Crippen molar-refractivity contribution in [2.75, 3.05) is 18.8 Å². The van der Waals surface area contributed by atoms with Crippen LogP contribution in [0.3, 0.4) is 0 Å². The van der Waals surface area contributed by atoms with Gasteiger partial charge >= 0.3 is 0 Å². The molecule has 0 saturated carbocycles. The smallest absolute Gasteiger partial charge is 0.214 e. The number of oxime groups is 1. The van der Waals surface area contributed by atoms with Crippen LogP contribution in [-0.2, 0) is 10.0 Å². The van der Waals surface area contributed by atoms with Crippen LogP contribution in [-0.4, -0.2) is 42.6 Å². The lowest BCUT2D eigenvalue weighted by molar-refractivity contribution is 0.315. The molecule has 0 aliphatic heterocycles. The van der Waals surface area contributed by atoms with E-state index in [4.69, 9.17) is 10.9 Å². The summed E-state index contributed by atoms with van der Waals surface area (Å²) in [4.78, 5) is 0. The van der Waals surface area contributed by atoms with Gasteiger partial charge in [-0.25, -0.2) is 12.7 Å². The maximum atomic E-state index is 12.1. The Kier molecular flexibility index (Phi) is 5.91. The maximum absolute atomic E-state index is 12.1. The molecule has 0 amide bonds. The summed E-state index contributed by atoms with van der Waals surface area (Å²) < 4.78 is 25.5. The van der Waals surface area contributed by atoms with Gasteiger partial charge in [0.2, 0.25) is 10.0 Å². The summed E-state index contributed by atoms with van der Waals surface area (Å²) in [5, 5.41) is 11.2. The second-order valence-corrected chi connectivity index (χ2v) is 7.12. The quantitative estimate of drug-likeness (QED) is 0.321. The van der Waals surface area contributed by atoms with Gasteiger partial charge in [-0.3, -0.25) is 0 Å². The highest BCUT2D eigenvalue weighted by atomic mass is 32.2. The minimum Gasteiger partial charge on any atom is -0.409 e. The van der Waals surface area contributed by atoms with E-state index in [1.165, 1.54) is 4.31 Å². The van der Waals surface area contributed by atoms with Gasteiger partial charge in [-0.15, -0.1) is 0 Å². The van der Waals surface area contributed by atoms with Gasteiger partial charge in [0.25, 0.3) is 0 Å². The predicted octanol–water partition coefficient (Wildman–Crippen LogP) is 0.821. The summed E-state index contributed by atoms with van der Waals surface area (Å²) in [6.07, 6.45) is 0.230. The highest BCUT2D eigenvalue weighted by molar-refractivity contribution is 7.89. The largest absolute Gasteiger partial charge is 0.409 e. The van der Waals surface area contributed by atoms with Crippen molar-refractivity contribution in [1.29, 1.82) is 0 Å². The molecule has 0 aromatic rings. The Balaban J connectivity index is 4.65. The summed E-state index contributed by atoms with van der Waals surface area (Å²) in [5.41, 5.74) is 5.04. The van der Waals surface area contributed by atoms with Crippen molar-refractivity contribution in [1.82, 2.24) is 4.31 Å². The maximum Gasteiger partial charge on any atom is 0.214 e. The van der Waals surface area contributed by atoms with E-state index < -0.39 is 10.0 Å². The average molecular weight is 265 g/mol. The minimum absolute atomic E-state index is 0.0365. The normalized spacial score (nSPS) is 14.3. The molecule has 102 valence electrons. The predicted molar refractivity (Wildman–Crippen MR) is 68.5 cm³/mol. The van der Waals surface area contributed by atoms with Crippen LogP contribution in [0.4, 0.5) is 0 Å². The summed E-state index contributed by atoms with van der Waals surface area (Å²) >= 11 is 0. The summed E-state index contributed by atoms with van der Waals surface area (Å²) in [6.45, 7) is 8.03. The Hall–Kier alpha value is -0.820. The van der Waals surface area contributed by atoms with Crippen molar-refractivity contribution >= 4 is 15.9 Å². The third-order valence-electron chi connectivity index (χ3n) is 2.11. The van der Waals surface area contributed by atoms with Crippen molar-refractivity contribution < 1.29 is 13.6 Å². The number of rotatable bonds is 6. The van der Waals surface area contributed by atoms with Crippen LogP contribution in [0.2, 0.25) is 0 Å². The number of nitrogens with two attached hydrogens (primary N) is 1. The lowest BCUT2D eigenvalue weighted by Crippen LogP contribution is -2.38. The van der Waals surface area contributed by atoms with Crippen LogP contribution in [0.25, 0.3) is 0 Å². The third-order valence-corrected chi connectivity index (χ3v) is 4.57. The van der Waals surface area contributed by atoms with Crippen molar-refractivity contribution in [3.05, 3.63) is 0 Å².